The molecule has 0 saturated carbocycles. The number of ether oxygens (including phenoxy) is 1. The van der Waals surface area contributed by atoms with Gasteiger partial charge in [-0.1, -0.05) is 12.1 Å². The number of nitrogens with zero attached hydrogens (tertiary/aromatic N) is 2. The number of methoxy groups -OCH3 is 1. The van der Waals surface area contributed by atoms with Gasteiger partial charge in [-0.2, -0.15) is 36.9 Å². The second-order valence-corrected chi connectivity index (χ2v) is 6.38. The van der Waals surface area contributed by atoms with Crippen molar-refractivity contribution in [3.05, 3.63) is 69.8 Å². The average molecular weight is 444 g/mol. The molecule has 1 atom stereocenters. The highest BCUT2D eigenvalue weighted by Gasteiger charge is 2.45. The zero-order valence-electron chi connectivity index (χ0n) is 15.7. The molecule has 2 N–H and O–H groups in total. The molecule has 0 amide bonds. The first-order chi connectivity index (χ1) is 14.4. The molecule has 0 aliphatic rings. The molecule has 0 fully saturated rings. The highest BCUT2D eigenvalue weighted by atomic mass is 19.4. The Kier molecular flexibility index (Phi) is 6.66. The molecule has 0 saturated heterocycles. The maximum absolute atomic E-state index is 13.4. The zero-order valence-corrected chi connectivity index (χ0v) is 15.7. The summed E-state index contributed by atoms with van der Waals surface area (Å²) in [5.41, 5.74) is -7.60. The van der Waals surface area contributed by atoms with Gasteiger partial charge in [0, 0.05) is 7.11 Å². The Morgan fingerprint density at radius 2 is 1.26 bits per heavy atom. The van der Waals surface area contributed by atoms with Crippen LogP contribution in [0.5, 0.6) is 0 Å². The van der Waals surface area contributed by atoms with Crippen LogP contribution < -0.4 is 0 Å². The molecule has 11 heteroatoms. The van der Waals surface area contributed by atoms with Crippen molar-refractivity contribution in [1.29, 1.82) is 10.5 Å². The summed E-state index contributed by atoms with van der Waals surface area (Å²) in [6, 6.07) is 7.18. The van der Waals surface area contributed by atoms with Crippen LogP contribution in [0.3, 0.4) is 0 Å². The van der Waals surface area contributed by atoms with Crippen LogP contribution in [0.2, 0.25) is 0 Å². The lowest BCUT2D eigenvalue weighted by atomic mass is 9.79. The molecule has 0 aliphatic heterocycles. The van der Waals surface area contributed by atoms with E-state index in [0.29, 0.717) is 12.1 Å². The van der Waals surface area contributed by atoms with Gasteiger partial charge in [-0.15, -0.1) is 0 Å². The summed E-state index contributed by atoms with van der Waals surface area (Å²) in [6.45, 7) is -1.09. The fourth-order valence-electron chi connectivity index (χ4n) is 3.27. The van der Waals surface area contributed by atoms with Crippen molar-refractivity contribution in [2.24, 2.45) is 0 Å². The molecule has 0 aliphatic carbocycles. The van der Waals surface area contributed by atoms with E-state index in [1.165, 1.54) is 12.1 Å². The summed E-state index contributed by atoms with van der Waals surface area (Å²) in [5.74, 6) is 0. The van der Waals surface area contributed by atoms with Gasteiger partial charge in [0.1, 0.15) is 11.7 Å². The van der Waals surface area contributed by atoms with Crippen molar-refractivity contribution in [2.75, 3.05) is 13.7 Å². The summed E-state index contributed by atoms with van der Waals surface area (Å²) >= 11 is 0. The fraction of sp³-hybridized carbons (Fsp3) is 0.300. The average Bonchev–Trinajstić information content (AvgIpc) is 2.72. The van der Waals surface area contributed by atoms with Crippen molar-refractivity contribution in [1.82, 2.24) is 0 Å². The van der Waals surface area contributed by atoms with E-state index in [-0.39, 0.29) is 0 Å². The highest BCUT2D eigenvalue weighted by Crippen LogP contribution is 2.43. The molecule has 0 aromatic heterocycles. The third-order valence-corrected chi connectivity index (χ3v) is 4.71. The van der Waals surface area contributed by atoms with Crippen LogP contribution in [-0.4, -0.2) is 30.0 Å². The van der Waals surface area contributed by atoms with E-state index >= 15 is 0 Å². The number of alkyl halides is 6. The molecule has 0 bridgehead atoms. The molecule has 0 heterocycles. The minimum absolute atomic E-state index is 0.458. The van der Waals surface area contributed by atoms with Crippen LogP contribution in [0.25, 0.3) is 0 Å². The monoisotopic (exact) mass is 444 g/mol. The Bertz CT molecular complexity index is 975. The minimum atomic E-state index is -4.99. The lowest BCUT2D eigenvalue weighted by Gasteiger charge is -2.38. The van der Waals surface area contributed by atoms with Crippen LogP contribution >= 0.6 is 0 Å². The largest absolute Gasteiger partial charge is 0.417 e. The van der Waals surface area contributed by atoms with Crippen LogP contribution in [0.1, 0.15) is 33.4 Å². The second kappa shape index (κ2) is 8.55. The lowest BCUT2D eigenvalue weighted by molar-refractivity contribution is -0.138. The van der Waals surface area contributed by atoms with Crippen LogP contribution in [0.15, 0.2) is 36.4 Å². The fourth-order valence-corrected chi connectivity index (χ4v) is 3.27. The Morgan fingerprint density at radius 3 is 1.52 bits per heavy atom. The molecule has 31 heavy (non-hydrogen) atoms. The Labute approximate surface area is 172 Å². The van der Waals surface area contributed by atoms with Gasteiger partial charge >= 0.3 is 12.4 Å². The van der Waals surface area contributed by atoms with E-state index in [4.69, 9.17) is 15.3 Å². The smallest absolute Gasteiger partial charge is 0.394 e. The molecule has 2 aromatic rings. The van der Waals surface area contributed by atoms with Crippen molar-refractivity contribution >= 4 is 0 Å². The topological polar surface area (TPSA) is 97.3 Å². The number of nitriles is 2. The van der Waals surface area contributed by atoms with E-state index in [1.807, 2.05) is 0 Å². The SMILES string of the molecule is COC(c1ccc(C#N)c(C(F)(F)F)c1)(c1ccc(C#N)c(C(F)(F)F)c1)C(O)CO. The number of benzene rings is 2. The molecule has 0 radical (unpaired) electrons. The van der Waals surface area contributed by atoms with Crippen LogP contribution in [-0.2, 0) is 22.7 Å². The predicted molar refractivity (Wildman–Crippen MR) is 93.2 cm³/mol. The van der Waals surface area contributed by atoms with Crippen molar-refractivity contribution in [3.8, 4) is 12.1 Å². The third kappa shape index (κ3) is 4.35. The van der Waals surface area contributed by atoms with Gasteiger partial charge in [-0.05, 0) is 35.4 Å². The first-order valence-corrected chi connectivity index (χ1v) is 8.44. The number of aliphatic hydroxyl groups excluding tert-OH is 2. The third-order valence-electron chi connectivity index (χ3n) is 4.71. The van der Waals surface area contributed by atoms with Gasteiger partial charge < -0.3 is 14.9 Å². The summed E-state index contributed by atoms with van der Waals surface area (Å²) in [5, 5.41) is 37.9. The van der Waals surface area contributed by atoms with Gasteiger partial charge in [0.25, 0.3) is 0 Å². The number of halogens is 6. The standard InChI is InChI=1S/C20H14F6N2O3/c1-31-18(17(30)10-29,13-4-2-11(8-27)15(6-13)19(21,22)23)14-5-3-12(9-28)16(7-14)20(24,25)26/h2-7,17,29-30H,10H2,1H3. The van der Waals surface area contributed by atoms with E-state index in [9.17, 15) is 36.6 Å². The normalized spacial score (nSPS) is 13.4. The molecule has 164 valence electrons. The van der Waals surface area contributed by atoms with Gasteiger partial charge in [0.05, 0.1) is 41.0 Å². The van der Waals surface area contributed by atoms with Gasteiger partial charge in [0.2, 0.25) is 0 Å². The molecule has 5 nitrogen and oxygen atoms in total. The quantitative estimate of drug-likeness (QED) is 0.686. The first-order valence-electron chi connectivity index (χ1n) is 8.44. The lowest BCUT2D eigenvalue weighted by Crippen LogP contribution is -2.45. The Balaban J connectivity index is 2.92. The maximum Gasteiger partial charge on any atom is 0.417 e. The van der Waals surface area contributed by atoms with E-state index in [1.54, 1.807) is 0 Å². The maximum atomic E-state index is 13.4. The number of hydrogen-bond donors (Lipinski definition) is 2. The van der Waals surface area contributed by atoms with Crippen molar-refractivity contribution < 1.29 is 41.3 Å². The van der Waals surface area contributed by atoms with Crippen molar-refractivity contribution in [2.45, 2.75) is 24.1 Å². The molecular formula is C20H14F6N2O3. The van der Waals surface area contributed by atoms with Gasteiger partial charge in [0.15, 0.2) is 0 Å². The zero-order chi connectivity index (χ0) is 23.6. The Morgan fingerprint density at radius 1 is 0.871 bits per heavy atom. The second-order valence-electron chi connectivity index (χ2n) is 6.38. The summed E-state index contributed by atoms with van der Waals surface area (Å²) in [4.78, 5) is 0. The summed E-state index contributed by atoms with van der Waals surface area (Å²) in [6.07, 6.45) is -12.0. The summed E-state index contributed by atoms with van der Waals surface area (Å²) in [7, 11) is 0.926. The van der Waals surface area contributed by atoms with Gasteiger partial charge in [-0.25, -0.2) is 0 Å². The van der Waals surface area contributed by atoms with E-state index in [2.05, 4.69) is 0 Å². The minimum Gasteiger partial charge on any atom is -0.394 e. The summed E-state index contributed by atoms with van der Waals surface area (Å²) < 4.78 is 85.8. The molecular weight excluding hydrogens is 430 g/mol. The number of rotatable bonds is 5. The number of aliphatic hydroxyl groups is 2. The first kappa shape index (κ1) is 24.2. The molecule has 2 rings (SSSR count). The van der Waals surface area contributed by atoms with Gasteiger partial charge in [-0.3, -0.25) is 0 Å². The molecule has 1 unspecified atom stereocenters. The Hall–Kier alpha value is -3.12. The van der Waals surface area contributed by atoms with Crippen molar-refractivity contribution in [3.63, 3.8) is 0 Å². The predicted octanol–water partition coefficient (Wildman–Crippen LogP) is 3.71. The molecule has 2 aromatic carbocycles. The van der Waals surface area contributed by atoms with Crippen LogP contribution in [0.4, 0.5) is 26.3 Å². The van der Waals surface area contributed by atoms with Crippen LogP contribution in [0, 0.1) is 22.7 Å². The van der Waals surface area contributed by atoms with E-state index < -0.39 is 64.0 Å². The number of hydrogen-bond acceptors (Lipinski definition) is 5. The highest BCUT2D eigenvalue weighted by molar-refractivity contribution is 5.50. The van der Waals surface area contributed by atoms with E-state index in [0.717, 1.165) is 31.4 Å². The molecule has 0 spiro atoms.